The third-order valence-corrected chi connectivity index (χ3v) is 5.65. The molecule has 0 heterocycles. The van der Waals surface area contributed by atoms with Crippen LogP contribution in [0.25, 0.3) is 0 Å². The molecule has 0 aliphatic rings. The smallest absolute Gasteiger partial charge is 0.428 e. The number of hydrogen-bond donors (Lipinski definition) is 0. The fourth-order valence-electron chi connectivity index (χ4n) is 2.81. The Balaban J connectivity index is 3.64. The second-order valence-corrected chi connectivity index (χ2v) is 8.84. The Hall–Kier alpha value is -2.77. The van der Waals surface area contributed by atoms with Crippen LogP contribution in [-0.2, 0) is 11.2 Å². The SMILES string of the molecule is CCc1ccc(OC(F)(F)C(F)(F)C(F)(F)C(F)(F)C(F)(F)C(F)(F)OC(F)(F)C(F)(F)C(F)(F)C(F)(F)C(F)(F)C(F)(F)F)cc1. The van der Waals surface area contributed by atoms with Crippen molar-refractivity contribution in [2.75, 3.05) is 0 Å². The monoisotopic (exact) mass is 756 g/mol. The van der Waals surface area contributed by atoms with Crippen LogP contribution in [0, 0.1) is 0 Å². The topological polar surface area (TPSA) is 18.5 Å². The fourth-order valence-corrected chi connectivity index (χ4v) is 2.81. The molecular formula is C20H9F25O2. The van der Waals surface area contributed by atoms with E-state index in [4.69, 9.17) is 0 Å². The standard InChI is InChI=1S/C20H9F25O2/c1-2-7-3-5-8(6-4-7)46-18(40,41)14(31,32)11(25,26)12(27,28)16(35,36)20(44,45)47-19(42,43)15(33,34)10(23,24)9(21,22)13(29,30)17(37,38)39/h3-6H,2H2,1H3. The molecule has 0 saturated carbocycles. The van der Waals surface area contributed by atoms with Crippen molar-refractivity contribution in [2.24, 2.45) is 0 Å². The molecule has 1 rings (SSSR count). The van der Waals surface area contributed by atoms with Gasteiger partial charge in [-0.15, -0.1) is 0 Å². The summed E-state index contributed by atoms with van der Waals surface area (Å²) in [7, 11) is 0. The summed E-state index contributed by atoms with van der Waals surface area (Å²) in [6, 6.07) is 1.92. The van der Waals surface area contributed by atoms with Gasteiger partial charge in [0.25, 0.3) is 0 Å². The second kappa shape index (κ2) is 11.4. The Bertz CT molecular complexity index is 1250. The van der Waals surface area contributed by atoms with E-state index in [-0.39, 0.29) is 24.1 Å². The third kappa shape index (κ3) is 6.05. The average Bonchev–Trinajstić information content (AvgIpc) is 2.86. The Kier molecular flexibility index (Phi) is 10.2. The van der Waals surface area contributed by atoms with Crippen LogP contribution < -0.4 is 4.74 Å². The van der Waals surface area contributed by atoms with E-state index in [1.165, 1.54) is 6.92 Å². The highest BCUT2D eigenvalue weighted by atomic mass is 19.4. The lowest BCUT2D eigenvalue weighted by Crippen LogP contribution is -2.74. The maximum absolute atomic E-state index is 13.9. The first-order valence-electron chi connectivity index (χ1n) is 10.9. The predicted molar refractivity (Wildman–Crippen MR) is 98.0 cm³/mol. The molecular weight excluding hydrogens is 747 g/mol. The van der Waals surface area contributed by atoms with E-state index in [1.807, 2.05) is 0 Å². The van der Waals surface area contributed by atoms with E-state index in [2.05, 4.69) is 4.74 Å². The molecule has 47 heavy (non-hydrogen) atoms. The number of ether oxygens (including phenoxy) is 2. The molecule has 0 radical (unpaired) electrons. The van der Waals surface area contributed by atoms with E-state index in [9.17, 15) is 110 Å². The van der Waals surface area contributed by atoms with Gasteiger partial charge in [-0.1, -0.05) is 19.1 Å². The highest BCUT2D eigenvalue weighted by Gasteiger charge is 2.95. The minimum atomic E-state index is -9.08. The fraction of sp³-hybridized carbons (Fsp3) is 0.700. The van der Waals surface area contributed by atoms with Crippen molar-refractivity contribution in [3.8, 4) is 5.75 Å². The lowest BCUT2D eigenvalue weighted by Gasteiger charge is -2.42. The van der Waals surface area contributed by atoms with Crippen molar-refractivity contribution in [3.05, 3.63) is 29.8 Å². The van der Waals surface area contributed by atoms with Crippen LogP contribution in [0.4, 0.5) is 110 Å². The van der Waals surface area contributed by atoms with Gasteiger partial charge in [0.2, 0.25) is 0 Å². The summed E-state index contributed by atoms with van der Waals surface area (Å²) in [6.45, 7) is 1.38. The van der Waals surface area contributed by atoms with Crippen molar-refractivity contribution in [1.82, 2.24) is 0 Å². The molecule has 0 bridgehead atoms. The van der Waals surface area contributed by atoms with Crippen LogP contribution in [0.1, 0.15) is 12.5 Å². The highest BCUT2D eigenvalue weighted by molar-refractivity contribution is 5.28. The van der Waals surface area contributed by atoms with Crippen molar-refractivity contribution < 1.29 is 119 Å². The van der Waals surface area contributed by atoms with Gasteiger partial charge in [0, 0.05) is 0 Å². The van der Waals surface area contributed by atoms with Crippen LogP contribution in [0.15, 0.2) is 24.3 Å². The van der Waals surface area contributed by atoms with Crippen molar-refractivity contribution in [1.29, 1.82) is 0 Å². The first-order valence-corrected chi connectivity index (χ1v) is 10.9. The summed E-state index contributed by atoms with van der Waals surface area (Å²) in [6.07, 6.45) is -32.8. The van der Waals surface area contributed by atoms with Gasteiger partial charge in [-0.05, 0) is 24.1 Å². The molecule has 0 aliphatic heterocycles. The van der Waals surface area contributed by atoms with Crippen molar-refractivity contribution >= 4 is 0 Å². The minimum absolute atomic E-state index is 0.0631. The van der Waals surface area contributed by atoms with Crippen LogP contribution in [-0.4, -0.2) is 71.9 Å². The van der Waals surface area contributed by atoms with Crippen LogP contribution in [0.3, 0.4) is 0 Å². The summed E-state index contributed by atoms with van der Waals surface area (Å²) in [5.74, 6) is -72.2. The molecule has 1 aromatic rings. The number of alkyl halides is 25. The van der Waals surface area contributed by atoms with Crippen LogP contribution >= 0.6 is 0 Å². The molecule has 0 unspecified atom stereocenters. The minimum Gasteiger partial charge on any atom is -0.428 e. The van der Waals surface area contributed by atoms with E-state index >= 15 is 0 Å². The third-order valence-electron chi connectivity index (χ3n) is 5.65. The molecule has 1 aromatic carbocycles. The number of rotatable bonds is 14. The van der Waals surface area contributed by atoms with Gasteiger partial charge in [-0.3, -0.25) is 0 Å². The largest absolute Gasteiger partial charge is 0.471 e. The quantitative estimate of drug-likeness (QED) is 0.176. The molecule has 0 spiro atoms. The summed E-state index contributed by atoms with van der Waals surface area (Å²) < 4.78 is 338. The van der Waals surface area contributed by atoms with Gasteiger partial charge in [-0.2, -0.15) is 110 Å². The van der Waals surface area contributed by atoms with Gasteiger partial charge >= 0.3 is 71.9 Å². The lowest BCUT2D eigenvalue weighted by molar-refractivity contribution is -0.529. The molecule has 2 nitrogen and oxygen atoms in total. The molecule has 276 valence electrons. The summed E-state index contributed by atoms with van der Waals surface area (Å²) >= 11 is 0. The van der Waals surface area contributed by atoms with E-state index in [1.54, 1.807) is 0 Å². The number of hydrogen-bond acceptors (Lipinski definition) is 2. The van der Waals surface area contributed by atoms with Gasteiger partial charge < -0.3 is 4.74 Å². The van der Waals surface area contributed by atoms with Crippen LogP contribution in [0.5, 0.6) is 5.75 Å². The number of benzene rings is 1. The van der Waals surface area contributed by atoms with Gasteiger partial charge in [0.05, 0.1) is 0 Å². The van der Waals surface area contributed by atoms with Gasteiger partial charge in [0.15, 0.2) is 0 Å². The average molecular weight is 756 g/mol. The normalized spacial score (nSPS) is 16.0. The first kappa shape index (κ1) is 42.3. The molecule has 0 atom stereocenters. The summed E-state index contributed by atoms with van der Waals surface area (Å²) in [5.41, 5.74) is 0.157. The zero-order valence-corrected chi connectivity index (χ0v) is 21.3. The Morgan fingerprint density at radius 2 is 0.660 bits per heavy atom. The zero-order chi connectivity index (χ0) is 38.1. The van der Waals surface area contributed by atoms with Crippen molar-refractivity contribution in [2.45, 2.75) is 85.2 Å². The zero-order valence-electron chi connectivity index (χ0n) is 21.3. The summed E-state index contributed by atoms with van der Waals surface area (Å²) in [5, 5.41) is 0. The highest BCUT2D eigenvalue weighted by Crippen LogP contribution is 2.64. The Labute approximate surface area is 241 Å². The molecule has 0 fully saturated rings. The van der Waals surface area contributed by atoms with E-state index < -0.39 is 77.6 Å². The van der Waals surface area contributed by atoms with Gasteiger partial charge in [0.1, 0.15) is 5.75 Å². The molecule has 0 N–H and O–H groups in total. The molecule has 27 heteroatoms. The maximum atomic E-state index is 13.9. The molecule has 0 amide bonds. The van der Waals surface area contributed by atoms with Crippen LogP contribution in [0.2, 0.25) is 0 Å². The second-order valence-electron chi connectivity index (χ2n) is 8.84. The lowest BCUT2D eigenvalue weighted by atomic mass is 9.96. The van der Waals surface area contributed by atoms with E-state index in [0.29, 0.717) is 0 Å². The maximum Gasteiger partial charge on any atom is 0.471 e. The number of halogens is 25. The molecule has 0 saturated heterocycles. The first-order chi connectivity index (χ1) is 20.2. The summed E-state index contributed by atoms with van der Waals surface area (Å²) in [4.78, 5) is 0. The molecule has 0 aliphatic carbocycles. The number of aryl methyl sites for hydroxylation is 1. The predicted octanol–water partition coefficient (Wildman–Crippen LogP) is 10.1. The van der Waals surface area contributed by atoms with Gasteiger partial charge in [-0.25, -0.2) is 4.74 Å². The Morgan fingerprint density at radius 1 is 0.383 bits per heavy atom. The Morgan fingerprint density at radius 3 is 0.936 bits per heavy atom. The van der Waals surface area contributed by atoms with Crippen molar-refractivity contribution in [3.63, 3.8) is 0 Å². The molecule has 0 aromatic heterocycles. The van der Waals surface area contributed by atoms with E-state index in [0.717, 1.165) is 16.9 Å².